The van der Waals surface area contributed by atoms with Crippen LogP contribution in [0.15, 0.2) is 30.5 Å². The van der Waals surface area contributed by atoms with Gasteiger partial charge < -0.3 is 19.9 Å². The minimum Gasteiger partial charge on any atom is -0.592 e. The predicted octanol–water partition coefficient (Wildman–Crippen LogP) is 1.87. The standard InChI is InChI=1S/C19H18F3N5O3S/c1-27-18(23)26-19(4-5-30-9-15(19)31(27)29)12-7-11(2-3-13(12)21)25-17(28)16-14(22)6-10(20)8-24-16/h2-3,6-8,15H,4-5,9H2,1H3,(H2,23,26)(H,25,28). The minimum absolute atomic E-state index is 0.0813. The molecule has 12 heteroatoms. The Morgan fingerprint density at radius 3 is 2.90 bits per heavy atom. The second-order valence-corrected chi connectivity index (χ2v) is 8.83. The zero-order valence-electron chi connectivity index (χ0n) is 16.2. The molecular formula is C19H18F3N5O3S. The van der Waals surface area contributed by atoms with Gasteiger partial charge in [-0.1, -0.05) is 0 Å². The van der Waals surface area contributed by atoms with Crippen LogP contribution >= 0.6 is 0 Å². The largest absolute Gasteiger partial charge is 0.592 e. The maximum atomic E-state index is 14.9. The van der Waals surface area contributed by atoms with Gasteiger partial charge in [-0.15, -0.1) is 0 Å². The SMILES string of the molecule is CN1C(=N)NC2(c3cc(NC(=O)c4ncc(F)cc4F)ccc3F)CCOCC2[S+]1[O-]. The van der Waals surface area contributed by atoms with Crippen molar-refractivity contribution in [1.82, 2.24) is 14.6 Å². The van der Waals surface area contributed by atoms with Crippen molar-refractivity contribution >= 4 is 28.9 Å². The van der Waals surface area contributed by atoms with Gasteiger partial charge in [0, 0.05) is 30.3 Å². The van der Waals surface area contributed by atoms with Crippen molar-refractivity contribution in [2.24, 2.45) is 0 Å². The third-order valence-corrected chi connectivity index (χ3v) is 7.10. The zero-order valence-corrected chi connectivity index (χ0v) is 17.1. The number of carbonyl (C=O) groups is 1. The van der Waals surface area contributed by atoms with Gasteiger partial charge >= 0.3 is 0 Å². The molecule has 2 fully saturated rings. The van der Waals surface area contributed by atoms with E-state index in [2.05, 4.69) is 15.6 Å². The van der Waals surface area contributed by atoms with Gasteiger partial charge in [0.2, 0.25) is 5.96 Å². The Morgan fingerprint density at radius 2 is 2.16 bits per heavy atom. The number of pyridine rings is 1. The Balaban J connectivity index is 1.70. The summed E-state index contributed by atoms with van der Waals surface area (Å²) in [6.45, 7) is 0.330. The molecule has 0 spiro atoms. The van der Waals surface area contributed by atoms with Crippen molar-refractivity contribution in [1.29, 1.82) is 5.41 Å². The Hall–Kier alpha value is -2.83. The second-order valence-electron chi connectivity index (χ2n) is 7.16. The number of amides is 1. The average molecular weight is 453 g/mol. The normalized spacial score (nSPS) is 25.6. The van der Waals surface area contributed by atoms with Crippen molar-refractivity contribution in [3.8, 4) is 0 Å². The highest BCUT2D eigenvalue weighted by molar-refractivity contribution is 7.90. The molecule has 2 aromatic rings. The van der Waals surface area contributed by atoms with Crippen LogP contribution in [0.25, 0.3) is 0 Å². The molecule has 1 aromatic heterocycles. The first-order valence-electron chi connectivity index (χ1n) is 9.24. The monoisotopic (exact) mass is 453 g/mol. The van der Waals surface area contributed by atoms with Gasteiger partial charge in [-0.2, -0.15) is 4.31 Å². The molecule has 8 nitrogen and oxygen atoms in total. The lowest BCUT2D eigenvalue weighted by Gasteiger charge is -2.49. The number of ether oxygens (including phenoxy) is 1. The van der Waals surface area contributed by atoms with E-state index in [-0.39, 0.29) is 36.8 Å². The smallest absolute Gasteiger partial charge is 0.277 e. The first-order chi connectivity index (χ1) is 14.7. The van der Waals surface area contributed by atoms with Gasteiger partial charge in [-0.05, 0) is 18.2 Å². The Kier molecular flexibility index (Phi) is 5.54. The maximum Gasteiger partial charge on any atom is 0.277 e. The fourth-order valence-corrected chi connectivity index (χ4v) is 5.23. The molecule has 3 heterocycles. The molecule has 2 aliphatic heterocycles. The molecule has 3 atom stereocenters. The van der Waals surface area contributed by atoms with Gasteiger partial charge in [0.05, 0.1) is 31.2 Å². The molecule has 1 amide bonds. The number of aromatic nitrogens is 1. The highest BCUT2D eigenvalue weighted by Gasteiger charge is 2.57. The molecule has 4 rings (SSSR count). The molecule has 0 bridgehead atoms. The number of guanidine groups is 1. The van der Waals surface area contributed by atoms with Crippen LogP contribution in [0.4, 0.5) is 18.9 Å². The van der Waals surface area contributed by atoms with E-state index in [1.165, 1.54) is 23.5 Å². The van der Waals surface area contributed by atoms with Crippen molar-refractivity contribution in [3.05, 3.63) is 59.2 Å². The van der Waals surface area contributed by atoms with Gasteiger partial charge in [0.25, 0.3) is 5.91 Å². The van der Waals surface area contributed by atoms with E-state index >= 15 is 0 Å². The number of carbonyl (C=O) groups excluding carboxylic acids is 1. The van der Waals surface area contributed by atoms with Crippen LogP contribution in [0.1, 0.15) is 22.5 Å². The van der Waals surface area contributed by atoms with Crippen LogP contribution in [0.3, 0.4) is 0 Å². The third kappa shape index (κ3) is 3.70. The van der Waals surface area contributed by atoms with Crippen molar-refractivity contribution in [2.75, 3.05) is 25.6 Å². The van der Waals surface area contributed by atoms with E-state index < -0.39 is 51.2 Å². The molecule has 3 N–H and O–H groups in total. The highest BCUT2D eigenvalue weighted by Crippen LogP contribution is 2.41. The van der Waals surface area contributed by atoms with E-state index in [0.29, 0.717) is 12.3 Å². The van der Waals surface area contributed by atoms with E-state index in [9.17, 15) is 22.5 Å². The van der Waals surface area contributed by atoms with Gasteiger partial charge in [-0.3, -0.25) is 10.2 Å². The first-order valence-corrected chi connectivity index (χ1v) is 10.4. The third-order valence-electron chi connectivity index (χ3n) is 5.36. The topological polar surface area (TPSA) is 113 Å². The number of benzene rings is 1. The van der Waals surface area contributed by atoms with Crippen LogP contribution in [0, 0.1) is 22.9 Å². The number of halogens is 3. The summed E-state index contributed by atoms with van der Waals surface area (Å²) in [6.07, 6.45) is 0.950. The lowest BCUT2D eigenvalue weighted by atomic mass is 9.81. The molecule has 0 radical (unpaired) electrons. The van der Waals surface area contributed by atoms with Gasteiger partial charge in [-0.25, -0.2) is 18.2 Å². The number of nitrogens with one attached hydrogen (secondary N) is 3. The molecular weight excluding hydrogens is 435 g/mol. The average Bonchev–Trinajstić information content (AvgIpc) is 2.73. The maximum absolute atomic E-state index is 14.9. The molecule has 164 valence electrons. The van der Waals surface area contributed by atoms with Gasteiger partial charge in [0.1, 0.15) is 17.2 Å². The lowest BCUT2D eigenvalue weighted by Crippen LogP contribution is -2.70. The summed E-state index contributed by atoms with van der Waals surface area (Å²) in [5.74, 6) is -3.76. The Bertz CT molecular complexity index is 1060. The number of hydrogen-bond acceptors (Lipinski definition) is 5. The van der Waals surface area contributed by atoms with E-state index in [1.54, 1.807) is 0 Å². The number of nitrogens with zero attached hydrogens (tertiary/aromatic N) is 2. The first kappa shape index (κ1) is 21.4. The fourth-order valence-electron chi connectivity index (χ4n) is 3.76. The number of fused-ring (bicyclic) bond motifs is 1. The van der Waals surface area contributed by atoms with Gasteiger partial charge in [0.15, 0.2) is 16.8 Å². The van der Waals surface area contributed by atoms with Crippen molar-refractivity contribution < 1.29 is 27.3 Å². The molecule has 3 unspecified atom stereocenters. The van der Waals surface area contributed by atoms with E-state index in [4.69, 9.17) is 10.1 Å². The fraction of sp³-hybridized carbons (Fsp3) is 0.316. The lowest BCUT2D eigenvalue weighted by molar-refractivity contribution is 0.0415. The molecule has 2 aliphatic rings. The molecule has 0 aliphatic carbocycles. The van der Waals surface area contributed by atoms with Crippen LogP contribution in [0.5, 0.6) is 0 Å². The number of rotatable bonds is 3. The summed E-state index contributed by atoms with van der Waals surface area (Å²) in [4.78, 5) is 15.8. The highest BCUT2D eigenvalue weighted by atomic mass is 32.2. The summed E-state index contributed by atoms with van der Waals surface area (Å²) in [5.41, 5.74) is -1.59. The quantitative estimate of drug-likeness (QED) is 0.612. The van der Waals surface area contributed by atoms with Crippen molar-refractivity contribution in [2.45, 2.75) is 17.2 Å². The number of hydrogen-bond donors (Lipinski definition) is 3. The van der Waals surface area contributed by atoms with Crippen LogP contribution < -0.4 is 10.6 Å². The Morgan fingerprint density at radius 1 is 1.39 bits per heavy atom. The van der Waals surface area contributed by atoms with Crippen LogP contribution in [-0.2, 0) is 21.6 Å². The summed E-state index contributed by atoms with van der Waals surface area (Å²) in [5, 5.41) is 12.8. The Labute approximate surface area is 178 Å². The summed E-state index contributed by atoms with van der Waals surface area (Å²) in [6, 6.07) is 4.27. The van der Waals surface area contributed by atoms with Crippen molar-refractivity contribution in [3.63, 3.8) is 0 Å². The summed E-state index contributed by atoms with van der Waals surface area (Å²) in [7, 11) is 1.49. The molecule has 31 heavy (non-hydrogen) atoms. The zero-order chi connectivity index (χ0) is 22.3. The minimum atomic E-state index is -1.66. The molecule has 1 aromatic carbocycles. The number of anilines is 1. The molecule has 2 saturated heterocycles. The van der Waals surface area contributed by atoms with Crippen LogP contribution in [0.2, 0.25) is 0 Å². The molecule has 0 saturated carbocycles. The van der Waals surface area contributed by atoms with E-state index in [1.807, 2.05) is 0 Å². The summed E-state index contributed by atoms with van der Waals surface area (Å²) < 4.78 is 61.4. The second kappa shape index (κ2) is 8.02. The summed E-state index contributed by atoms with van der Waals surface area (Å²) >= 11 is -1.66. The van der Waals surface area contributed by atoms with E-state index in [0.717, 1.165) is 6.07 Å². The predicted molar refractivity (Wildman–Crippen MR) is 106 cm³/mol. The van der Waals surface area contributed by atoms with Crippen LogP contribution in [-0.4, -0.2) is 51.2 Å².